The predicted molar refractivity (Wildman–Crippen MR) is 117 cm³/mol. The van der Waals surface area contributed by atoms with E-state index in [4.69, 9.17) is 0 Å². The minimum atomic E-state index is -0.369. The van der Waals surface area contributed by atoms with Crippen molar-refractivity contribution in [1.29, 1.82) is 0 Å². The average Bonchev–Trinajstić information content (AvgIpc) is 3.32. The van der Waals surface area contributed by atoms with Crippen molar-refractivity contribution < 1.29 is 20.1 Å². The fraction of sp³-hybridized carbons (Fsp3) is 0.250. The number of aromatic hydroxyl groups is 3. The van der Waals surface area contributed by atoms with Crippen molar-refractivity contribution in [3.05, 3.63) is 40.3 Å². The summed E-state index contributed by atoms with van der Waals surface area (Å²) in [7, 11) is 4.65. The van der Waals surface area contributed by atoms with Crippen molar-refractivity contribution in [2.45, 2.75) is 13.3 Å². The predicted octanol–water partition coefficient (Wildman–Crippen LogP) is 3.57. The van der Waals surface area contributed by atoms with Crippen LogP contribution in [0.15, 0.2) is 34.8 Å². The van der Waals surface area contributed by atoms with E-state index in [1.807, 2.05) is 12.3 Å². The third-order valence-corrected chi connectivity index (χ3v) is 5.32. The van der Waals surface area contributed by atoms with Gasteiger partial charge in [-0.1, -0.05) is 13.0 Å². The Morgan fingerprint density at radius 3 is 2.60 bits per heavy atom. The summed E-state index contributed by atoms with van der Waals surface area (Å²) in [5.41, 5.74) is 1.13. The second-order valence-corrected chi connectivity index (χ2v) is 7.60. The number of aliphatic imine (C=N–C) groups is 1. The van der Waals surface area contributed by atoms with Crippen molar-refractivity contribution in [2.24, 2.45) is 12.0 Å². The lowest BCUT2D eigenvalue weighted by molar-refractivity contribution is 0.0824. The molecule has 3 aromatic rings. The summed E-state index contributed by atoms with van der Waals surface area (Å²) in [5, 5.41) is 37.1. The minimum Gasteiger partial charge on any atom is -0.505 e. The number of anilines is 2. The first kappa shape index (κ1) is 21.2. The number of benzene rings is 1. The molecule has 0 spiro atoms. The molecule has 2 aromatic heterocycles. The van der Waals surface area contributed by atoms with Crippen molar-refractivity contribution >= 4 is 40.0 Å². The molecule has 1 amide bonds. The quantitative estimate of drug-likeness (QED) is 0.351. The van der Waals surface area contributed by atoms with E-state index in [1.165, 1.54) is 33.9 Å². The molecule has 158 valence electrons. The Morgan fingerprint density at radius 1 is 1.27 bits per heavy atom. The lowest BCUT2D eigenvalue weighted by Gasteiger charge is -2.15. The number of aromatic nitrogens is 2. The van der Waals surface area contributed by atoms with Crippen LogP contribution >= 0.6 is 11.3 Å². The summed E-state index contributed by atoms with van der Waals surface area (Å²) in [4.78, 5) is 22.4. The highest BCUT2D eigenvalue weighted by molar-refractivity contribution is 7.11. The molecular weight excluding hydrogens is 406 g/mol. The number of phenolic OH excluding ortho intramolecular Hbond substituents is 1. The maximum atomic E-state index is 12.3. The van der Waals surface area contributed by atoms with Gasteiger partial charge in [0.2, 0.25) is 11.8 Å². The molecule has 0 saturated heterocycles. The summed E-state index contributed by atoms with van der Waals surface area (Å²) < 4.78 is 1.17. The molecular formula is C20H23N5O4S. The molecule has 2 heterocycles. The van der Waals surface area contributed by atoms with Crippen LogP contribution < -0.4 is 5.32 Å². The molecule has 4 N–H and O–H groups in total. The minimum absolute atomic E-state index is 0.0993. The van der Waals surface area contributed by atoms with Gasteiger partial charge in [-0.2, -0.15) is 0 Å². The van der Waals surface area contributed by atoms with Crippen LogP contribution in [0, 0.1) is 0 Å². The van der Waals surface area contributed by atoms with Crippen molar-refractivity contribution in [3.63, 3.8) is 0 Å². The molecule has 0 radical (unpaired) electrons. The Balaban J connectivity index is 2.10. The van der Waals surface area contributed by atoms with Crippen LogP contribution in [0.4, 0.5) is 17.1 Å². The number of amides is 1. The maximum Gasteiger partial charge on any atom is 0.257 e. The van der Waals surface area contributed by atoms with Crippen molar-refractivity contribution in [2.75, 3.05) is 19.4 Å². The van der Waals surface area contributed by atoms with Gasteiger partial charge in [-0.15, -0.1) is 11.3 Å². The highest BCUT2D eigenvalue weighted by Crippen LogP contribution is 2.47. The highest BCUT2D eigenvalue weighted by atomic mass is 32.1. The monoisotopic (exact) mass is 429 g/mol. The summed E-state index contributed by atoms with van der Waals surface area (Å²) >= 11 is 1.42. The first-order valence-electron chi connectivity index (χ1n) is 9.14. The van der Waals surface area contributed by atoms with Crippen LogP contribution in [-0.2, 0) is 7.05 Å². The van der Waals surface area contributed by atoms with Crippen LogP contribution in [-0.4, -0.2) is 55.5 Å². The van der Waals surface area contributed by atoms with Gasteiger partial charge in [0.1, 0.15) is 10.7 Å². The molecule has 0 aliphatic heterocycles. The largest absolute Gasteiger partial charge is 0.505 e. The van der Waals surface area contributed by atoms with Gasteiger partial charge in [-0.3, -0.25) is 9.36 Å². The van der Waals surface area contributed by atoms with Crippen LogP contribution in [0.5, 0.6) is 17.5 Å². The van der Waals surface area contributed by atoms with E-state index in [-0.39, 0.29) is 46.0 Å². The second-order valence-electron chi connectivity index (χ2n) is 6.71. The third-order valence-electron chi connectivity index (χ3n) is 4.50. The Morgan fingerprint density at radius 2 is 2.00 bits per heavy atom. The summed E-state index contributed by atoms with van der Waals surface area (Å²) in [6.07, 6.45) is 2.22. The van der Waals surface area contributed by atoms with Gasteiger partial charge < -0.3 is 25.5 Å². The number of hydrogen-bond donors (Lipinski definition) is 4. The number of para-hydroxylation sites is 1. The summed E-state index contributed by atoms with van der Waals surface area (Å²) in [6, 6.07) is 4.66. The first-order valence-corrected chi connectivity index (χ1v) is 10.0. The molecule has 0 bridgehead atoms. The smallest absolute Gasteiger partial charge is 0.257 e. The molecule has 0 aliphatic carbocycles. The lowest BCUT2D eigenvalue weighted by Crippen LogP contribution is -2.21. The van der Waals surface area contributed by atoms with Gasteiger partial charge in [-0.25, -0.2) is 9.98 Å². The molecule has 0 unspecified atom stereocenters. The van der Waals surface area contributed by atoms with Crippen LogP contribution in [0.3, 0.4) is 0 Å². The molecule has 10 heteroatoms. The SMILES string of the molecule is CCC(=Nc1c(Nc2cccc(C(=O)N(C)C)c2O)c(O)n(C)c1O)c1nccs1. The highest BCUT2D eigenvalue weighted by Gasteiger charge is 2.24. The molecule has 9 nitrogen and oxygen atoms in total. The Kier molecular flexibility index (Phi) is 5.97. The topological polar surface area (TPSA) is 123 Å². The average molecular weight is 430 g/mol. The van der Waals surface area contributed by atoms with Crippen LogP contribution in [0.2, 0.25) is 0 Å². The zero-order chi connectivity index (χ0) is 22.0. The molecule has 1 aromatic carbocycles. The number of phenols is 1. The standard InChI is InChI=1S/C20H23N5O4S/c1-5-12(17-21-9-10-30-17)22-14-15(20(29)25(4)19(14)28)23-13-8-6-7-11(16(13)26)18(27)24(2)3/h6-10,23,26,28-29H,5H2,1-4H3. The molecule has 0 aliphatic rings. The Hall–Kier alpha value is -3.53. The first-order chi connectivity index (χ1) is 14.3. The number of nitrogens with zero attached hydrogens (tertiary/aromatic N) is 4. The normalized spacial score (nSPS) is 11.5. The number of carbonyl (C=O) groups excluding carboxylic acids is 1. The summed E-state index contributed by atoms with van der Waals surface area (Å²) in [5.74, 6) is -1.17. The number of thiazole rings is 1. The van der Waals surface area contributed by atoms with Gasteiger partial charge in [0, 0.05) is 32.7 Å². The van der Waals surface area contributed by atoms with Gasteiger partial charge in [-0.05, 0) is 18.6 Å². The van der Waals surface area contributed by atoms with Crippen LogP contribution in [0.1, 0.15) is 28.7 Å². The fourth-order valence-corrected chi connectivity index (χ4v) is 3.54. The van der Waals surface area contributed by atoms with Gasteiger partial charge in [0.15, 0.2) is 11.4 Å². The fourth-order valence-electron chi connectivity index (χ4n) is 2.84. The molecule has 0 saturated carbocycles. The number of rotatable bonds is 6. The lowest BCUT2D eigenvalue weighted by atomic mass is 10.1. The van der Waals surface area contributed by atoms with Gasteiger partial charge in [0.25, 0.3) is 5.91 Å². The molecule has 3 rings (SSSR count). The van der Waals surface area contributed by atoms with Crippen molar-refractivity contribution in [1.82, 2.24) is 14.5 Å². The zero-order valence-electron chi connectivity index (χ0n) is 17.0. The van der Waals surface area contributed by atoms with E-state index in [0.29, 0.717) is 17.1 Å². The van der Waals surface area contributed by atoms with Crippen molar-refractivity contribution in [3.8, 4) is 17.5 Å². The summed E-state index contributed by atoms with van der Waals surface area (Å²) in [6.45, 7) is 1.91. The van der Waals surface area contributed by atoms with E-state index in [9.17, 15) is 20.1 Å². The van der Waals surface area contributed by atoms with E-state index < -0.39 is 0 Å². The second kappa shape index (κ2) is 8.46. The van der Waals surface area contributed by atoms with E-state index >= 15 is 0 Å². The Bertz CT molecular complexity index is 1100. The van der Waals surface area contributed by atoms with Gasteiger partial charge in [0.05, 0.1) is 17.0 Å². The third kappa shape index (κ3) is 3.81. The molecule has 0 fully saturated rings. The maximum absolute atomic E-state index is 12.3. The van der Waals surface area contributed by atoms with E-state index in [1.54, 1.807) is 32.4 Å². The number of hydrogen-bond acceptors (Lipinski definition) is 8. The van der Waals surface area contributed by atoms with E-state index in [2.05, 4.69) is 15.3 Å². The Labute approximate surface area is 177 Å². The number of carbonyl (C=O) groups is 1. The van der Waals surface area contributed by atoms with Crippen LogP contribution in [0.25, 0.3) is 0 Å². The van der Waals surface area contributed by atoms with Gasteiger partial charge >= 0.3 is 0 Å². The molecule has 0 atom stereocenters. The van der Waals surface area contributed by atoms with E-state index in [0.717, 1.165) is 0 Å². The zero-order valence-corrected chi connectivity index (χ0v) is 17.9. The molecule has 30 heavy (non-hydrogen) atoms. The number of nitrogens with one attached hydrogen (secondary N) is 1.